The third kappa shape index (κ3) is 52.6. The van der Waals surface area contributed by atoms with Crippen LogP contribution >= 0.6 is 0 Å². The Bertz CT molecular complexity index is 985. The average molecular weight is 949 g/mol. The highest BCUT2D eigenvalue weighted by atomic mass is 16.3. The fourth-order valence-electron chi connectivity index (χ4n) is 9.51. The Morgan fingerprint density at radius 3 is 1.12 bits per heavy atom. The second-order valence-corrected chi connectivity index (χ2v) is 20.9. The maximum absolute atomic E-state index is 12.5. The van der Waals surface area contributed by atoms with Crippen LogP contribution in [0.3, 0.4) is 0 Å². The van der Waals surface area contributed by atoms with Crippen molar-refractivity contribution < 1.29 is 15.0 Å². The molecule has 6 N–H and O–H groups in total. The van der Waals surface area contributed by atoms with Crippen LogP contribution in [0, 0.1) is 0 Å². The van der Waals surface area contributed by atoms with Crippen LogP contribution in [0.4, 0.5) is 0 Å². The first kappa shape index (κ1) is 66.0. The molecule has 0 radical (unpaired) electrons. The Kier molecular flexibility index (Phi) is 55.0. The van der Waals surface area contributed by atoms with Gasteiger partial charge in [-0.3, -0.25) is 4.79 Å². The average Bonchev–Trinajstić information content (AvgIpc) is 3.33. The molecular formula is C59H121N5O3. The van der Waals surface area contributed by atoms with Gasteiger partial charge in [0.2, 0.25) is 5.91 Å². The van der Waals surface area contributed by atoms with E-state index < -0.39 is 12.2 Å². The molecule has 0 saturated carbocycles. The third-order valence-electron chi connectivity index (χ3n) is 14.0. The van der Waals surface area contributed by atoms with Crippen LogP contribution in [0.1, 0.15) is 284 Å². The van der Waals surface area contributed by atoms with E-state index in [-0.39, 0.29) is 5.91 Å². The highest BCUT2D eigenvalue weighted by Gasteiger charge is 2.14. The molecule has 0 aromatic heterocycles. The molecule has 2 unspecified atom stereocenters. The Morgan fingerprint density at radius 1 is 0.433 bits per heavy atom. The maximum Gasteiger partial charge on any atom is 0.221 e. The van der Waals surface area contributed by atoms with Gasteiger partial charge in [0.1, 0.15) is 0 Å². The normalized spacial score (nSPS) is 12.9. The van der Waals surface area contributed by atoms with Crippen molar-refractivity contribution in [2.75, 3.05) is 65.4 Å². The molecule has 0 saturated heterocycles. The molecule has 0 rings (SSSR count). The molecule has 0 bridgehead atoms. The summed E-state index contributed by atoms with van der Waals surface area (Å²) in [7, 11) is 0. The van der Waals surface area contributed by atoms with Gasteiger partial charge in [-0.05, 0) is 84.0 Å². The highest BCUT2D eigenvalue weighted by molar-refractivity contribution is 5.75. The summed E-state index contributed by atoms with van der Waals surface area (Å²) >= 11 is 0. The van der Waals surface area contributed by atoms with E-state index in [1.807, 2.05) is 0 Å². The van der Waals surface area contributed by atoms with Gasteiger partial charge in [-0.1, -0.05) is 232 Å². The van der Waals surface area contributed by atoms with Gasteiger partial charge in [-0.15, -0.1) is 0 Å². The van der Waals surface area contributed by atoms with Gasteiger partial charge in [0.15, 0.2) is 0 Å². The van der Waals surface area contributed by atoms with E-state index in [4.69, 9.17) is 5.73 Å². The van der Waals surface area contributed by atoms with Crippen LogP contribution in [-0.4, -0.2) is 104 Å². The standard InChI is InChI=1S/C59H121N5O3/c1-4-7-10-13-16-19-22-25-26-27-28-29-32-35-38-41-47-62-59(67)46-48-61-54-58(66)56-64(50-43-40-37-34-31-24-21-18-15-12-9-6-3)52-45-44-51-63(55-57(65)53-60)49-42-39-36-33-30-23-20-17-14-11-8-5-2/h25-26,57-58,61,65-66H,4-24,27-56,60H2,1-3H3,(H,62,67). The number of aliphatic hydroxyl groups is 2. The van der Waals surface area contributed by atoms with Gasteiger partial charge in [-0.2, -0.15) is 0 Å². The summed E-state index contributed by atoms with van der Waals surface area (Å²) < 4.78 is 0. The first-order valence-electron chi connectivity index (χ1n) is 30.1. The zero-order chi connectivity index (χ0) is 48.8. The van der Waals surface area contributed by atoms with Crippen LogP contribution in [0.2, 0.25) is 0 Å². The quantitative estimate of drug-likeness (QED) is 0.0305. The minimum atomic E-state index is -0.463. The molecule has 400 valence electrons. The molecule has 0 aliphatic rings. The summed E-state index contributed by atoms with van der Waals surface area (Å²) in [5, 5.41) is 28.0. The first-order valence-corrected chi connectivity index (χ1v) is 30.1. The summed E-state index contributed by atoms with van der Waals surface area (Å²) in [5.41, 5.74) is 5.84. The Balaban J connectivity index is 4.47. The van der Waals surface area contributed by atoms with Crippen molar-refractivity contribution in [3.63, 3.8) is 0 Å². The van der Waals surface area contributed by atoms with E-state index in [0.29, 0.717) is 39.1 Å². The number of nitrogens with zero attached hydrogens (tertiary/aromatic N) is 2. The number of amides is 1. The Hall–Kier alpha value is -1.03. The van der Waals surface area contributed by atoms with Crippen LogP contribution in [0.15, 0.2) is 12.2 Å². The summed E-state index contributed by atoms with van der Waals surface area (Å²) in [6.45, 7) is 14.4. The van der Waals surface area contributed by atoms with E-state index in [9.17, 15) is 15.0 Å². The molecule has 8 nitrogen and oxygen atoms in total. The van der Waals surface area contributed by atoms with Crippen LogP contribution < -0.4 is 16.4 Å². The molecule has 0 aliphatic heterocycles. The zero-order valence-electron chi connectivity index (χ0n) is 45.6. The van der Waals surface area contributed by atoms with Crippen molar-refractivity contribution in [1.82, 2.24) is 20.4 Å². The van der Waals surface area contributed by atoms with Gasteiger partial charge in [0.25, 0.3) is 0 Å². The number of nitrogens with two attached hydrogens (primary N) is 1. The van der Waals surface area contributed by atoms with Crippen molar-refractivity contribution in [2.45, 2.75) is 296 Å². The smallest absolute Gasteiger partial charge is 0.221 e. The zero-order valence-corrected chi connectivity index (χ0v) is 45.6. The number of hydrogen-bond acceptors (Lipinski definition) is 7. The van der Waals surface area contributed by atoms with Crippen molar-refractivity contribution in [3.05, 3.63) is 12.2 Å². The number of rotatable bonds is 57. The second-order valence-electron chi connectivity index (χ2n) is 20.9. The van der Waals surface area contributed by atoms with Gasteiger partial charge in [0, 0.05) is 45.7 Å². The lowest BCUT2D eigenvalue weighted by molar-refractivity contribution is -0.121. The van der Waals surface area contributed by atoms with E-state index >= 15 is 0 Å². The van der Waals surface area contributed by atoms with Crippen molar-refractivity contribution in [2.24, 2.45) is 5.73 Å². The van der Waals surface area contributed by atoms with Crippen LogP contribution in [-0.2, 0) is 4.79 Å². The van der Waals surface area contributed by atoms with E-state index in [1.165, 1.54) is 238 Å². The Labute approximate surface area is 419 Å². The SMILES string of the molecule is CCCCCCCCC=CCCCCCCCCNC(=O)CCNCC(O)CN(CCCCCCCCCCCCCC)CCCCN(CCCCCCCCCCCCCC)CC(O)CN. The predicted octanol–water partition coefficient (Wildman–Crippen LogP) is 14.6. The highest BCUT2D eigenvalue weighted by Crippen LogP contribution is 2.15. The van der Waals surface area contributed by atoms with Crippen LogP contribution in [0.5, 0.6) is 0 Å². The summed E-state index contributed by atoms with van der Waals surface area (Å²) in [5.74, 6) is 0.107. The van der Waals surface area contributed by atoms with Gasteiger partial charge in [-0.25, -0.2) is 0 Å². The predicted molar refractivity (Wildman–Crippen MR) is 295 cm³/mol. The molecule has 0 spiro atoms. The lowest BCUT2D eigenvalue weighted by Crippen LogP contribution is -2.40. The largest absolute Gasteiger partial charge is 0.390 e. The molecule has 2 atom stereocenters. The first-order chi connectivity index (χ1) is 33.0. The van der Waals surface area contributed by atoms with Gasteiger partial charge < -0.3 is 36.4 Å². The summed E-state index contributed by atoms with van der Waals surface area (Å²) in [4.78, 5) is 17.4. The third-order valence-corrected chi connectivity index (χ3v) is 14.0. The van der Waals surface area contributed by atoms with E-state index in [0.717, 1.165) is 52.0 Å². The number of nitrogens with one attached hydrogen (secondary N) is 2. The fourth-order valence-corrected chi connectivity index (χ4v) is 9.51. The van der Waals surface area contributed by atoms with Crippen LogP contribution in [0.25, 0.3) is 0 Å². The van der Waals surface area contributed by atoms with Crippen molar-refractivity contribution in [3.8, 4) is 0 Å². The second kappa shape index (κ2) is 55.9. The number of aliphatic hydroxyl groups excluding tert-OH is 2. The molecule has 0 aliphatic carbocycles. The monoisotopic (exact) mass is 948 g/mol. The molecule has 8 heteroatoms. The summed E-state index contributed by atoms with van der Waals surface area (Å²) in [6, 6.07) is 0. The minimum absolute atomic E-state index is 0.107. The van der Waals surface area contributed by atoms with Gasteiger partial charge >= 0.3 is 0 Å². The number of hydrogen-bond donors (Lipinski definition) is 5. The van der Waals surface area contributed by atoms with E-state index in [2.05, 4.69) is 53.4 Å². The Morgan fingerprint density at radius 2 is 0.746 bits per heavy atom. The lowest BCUT2D eigenvalue weighted by Gasteiger charge is -2.27. The molecule has 67 heavy (non-hydrogen) atoms. The van der Waals surface area contributed by atoms with Crippen molar-refractivity contribution in [1.29, 1.82) is 0 Å². The van der Waals surface area contributed by atoms with Crippen molar-refractivity contribution >= 4 is 5.91 Å². The number of carbonyl (C=O) groups excluding carboxylic acids is 1. The molecule has 1 amide bonds. The van der Waals surface area contributed by atoms with Gasteiger partial charge in [0.05, 0.1) is 12.2 Å². The fraction of sp³-hybridized carbons (Fsp3) is 0.949. The topological polar surface area (TPSA) is 114 Å². The maximum atomic E-state index is 12.5. The lowest BCUT2D eigenvalue weighted by atomic mass is 10.1. The van der Waals surface area contributed by atoms with E-state index in [1.54, 1.807) is 0 Å². The number of unbranched alkanes of at least 4 members (excludes halogenated alkanes) is 35. The minimum Gasteiger partial charge on any atom is -0.390 e. The molecule has 0 heterocycles. The molecular weight excluding hydrogens is 827 g/mol. The number of carbonyl (C=O) groups is 1. The molecule has 0 aromatic rings. The molecule has 0 aromatic carbocycles. The molecule has 0 fully saturated rings. The number of allylic oxidation sites excluding steroid dienone is 2. The summed E-state index contributed by atoms with van der Waals surface area (Å²) in [6.07, 6.45) is 57.0.